The van der Waals surface area contributed by atoms with Gasteiger partial charge in [0, 0.05) is 23.4 Å². The van der Waals surface area contributed by atoms with E-state index in [1.165, 1.54) is 18.6 Å². The van der Waals surface area contributed by atoms with Crippen molar-refractivity contribution in [1.82, 2.24) is 9.78 Å². The third-order valence-electron chi connectivity index (χ3n) is 4.44. The summed E-state index contributed by atoms with van der Waals surface area (Å²) in [5.74, 6) is 1.26. The number of aromatic nitrogens is 2. The molecule has 1 aromatic heterocycles. The van der Waals surface area contributed by atoms with Gasteiger partial charge in [-0.05, 0) is 44.4 Å². The molecule has 19 heavy (non-hydrogen) atoms. The van der Waals surface area contributed by atoms with E-state index in [1.54, 1.807) is 0 Å². The standard InChI is InChI=1S/C15H27N3S/c1-4-13(5-2)18-9-7-12(17-18)11-14(16)15(3)8-6-10-19-15/h7,9,13-14H,4-6,8,10-11,16H2,1-3H3. The molecule has 0 saturated carbocycles. The molecule has 0 amide bonds. The van der Waals surface area contributed by atoms with E-state index in [1.807, 2.05) is 11.8 Å². The van der Waals surface area contributed by atoms with Crippen molar-refractivity contribution in [2.75, 3.05) is 5.75 Å². The van der Waals surface area contributed by atoms with Crippen LogP contribution < -0.4 is 5.73 Å². The average molecular weight is 281 g/mol. The maximum Gasteiger partial charge on any atom is 0.0640 e. The highest BCUT2D eigenvalue weighted by Gasteiger charge is 2.35. The summed E-state index contributed by atoms with van der Waals surface area (Å²) < 4.78 is 2.37. The van der Waals surface area contributed by atoms with Gasteiger partial charge in [-0.1, -0.05) is 13.8 Å². The van der Waals surface area contributed by atoms with Crippen LogP contribution in [-0.4, -0.2) is 26.3 Å². The molecule has 0 bridgehead atoms. The SMILES string of the molecule is CCC(CC)n1ccc(CC(N)C2(C)CCCS2)n1. The molecule has 2 N–H and O–H groups in total. The van der Waals surface area contributed by atoms with Crippen molar-refractivity contribution in [3.8, 4) is 0 Å². The highest BCUT2D eigenvalue weighted by molar-refractivity contribution is 8.00. The Bertz CT molecular complexity index is 392. The van der Waals surface area contributed by atoms with Crippen molar-refractivity contribution in [3.63, 3.8) is 0 Å². The summed E-state index contributed by atoms with van der Waals surface area (Å²) in [6.45, 7) is 6.75. The Morgan fingerprint density at radius 1 is 1.47 bits per heavy atom. The number of nitrogens with two attached hydrogens (primary N) is 1. The first-order valence-corrected chi connectivity index (χ1v) is 8.51. The van der Waals surface area contributed by atoms with Gasteiger partial charge >= 0.3 is 0 Å². The summed E-state index contributed by atoms with van der Waals surface area (Å²) in [5.41, 5.74) is 7.57. The second-order valence-corrected chi connectivity index (χ2v) is 7.46. The quantitative estimate of drug-likeness (QED) is 0.869. The van der Waals surface area contributed by atoms with Crippen LogP contribution in [0, 0.1) is 0 Å². The molecular formula is C15H27N3S. The van der Waals surface area contributed by atoms with Crippen molar-refractivity contribution in [2.45, 2.75) is 69.7 Å². The van der Waals surface area contributed by atoms with Crippen LogP contribution in [0.5, 0.6) is 0 Å². The molecular weight excluding hydrogens is 254 g/mol. The zero-order valence-corrected chi connectivity index (χ0v) is 13.2. The van der Waals surface area contributed by atoms with Gasteiger partial charge in [0.25, 0.3) is 0 Å². The first kappa shape index (κ1) is 14.9. The summed E-state index contributed by atoms with van der Waals surface area (Å²) >= 11 is 2.03. The number of thioether (sulfide) groups is 1. The van der Waals surface area contributed by atoms with Crippen molar-refractivity contribution in [3.05, 3.63) is 18.0 Å². The van der Waals surface area contributed by atoms with Gasteiger partial charge in [0.2, 0.25) is 0 Å². The van der Waals surface area contributed by atoms with Gasteiger partial charge in [-0.3, -0.25) is 4.68 Å². The van der Waals surface area contributed by atoms with Gasteiger partial charge in [-0.2, -0.15) is 16.9 Å². The van der Waals surface area contributed by atoms with Gasteiger partial charge in [0.15, 0.2) is 0 Å². The normalized spacial score (nSPS) is 25.1. The lowest BCUT2D eigenvalue weighted by atomic mass is 9.93. The van der Waals surface area contributed by atoms with E-state index in [-0.39, 0.29) is 10.8 Å². The molecule has 1 aromatic rings. The minimum Gasteiger partial charge on any atom is -0.326 e. The predicted molar refractivity (Wildman–Crippen MR) is 83.6 cm³/mol. The lowest BCUT2D eigenvalue weighted by molar-refractivity contribution is 0.420. The fraction of sp³-hybridized carbons (Fsp3) is 0.800. The van der Waals surface area contributed by atoms with E-state index in [9.17, 15) is 0 Å². The van der Waals surface area contributed by atoms with Crippen LogP contribution in [0.3, 0.4) is 0 Å². The molecule has 1 aliphatic rings. The van der Waals surface area contributed by atoms with Crippen molar-refractivity contribution in [2.24, 2.45) is 5.73 Å². The first-order chi connectivity index (χ1) is 9.09. The molecule has 1 fully saturated rings. The fourth-order valence-corrected chi connectivity index (χ4v) is 4.23. The van der Waals surface area contributed by atoms with Crippen LogP contribution in [0.15, 0.2) is 12.3 Å². The van der Waals surface area contributed by atoms with E-state index >= 15 is 0 Å². The highest BCUT2D eigenvalue weighted by atomic mass is 32.2. The van der Waals surface area contributed by atoms with Crippen molar-refractivity contribution < 1.29 is 0 Å². The molecule has 0 spiro atoms. The van der Waals surface area contributed by atoms with Crippen molar-refractivity contribution in [1.29, 1.82) is 0 Å². The smallest absolute Gasteiger partial charge is 0.0640 e. The predicted octanol–water partition coefficient (Wildman–Crippen LogP) is 3.40. The average Bonchev–Trinajstić information content (AvgIpc) is 3.02. The highest BCUT2D eigenvalue weighted by Crippen LogP contribution is 2.40. The lowest BCUT2D eigenvalue weighted by Gasteiger charge is -2.29. The van der Waals surface area contributed by atoms with Crippen molar-refractivity contribution >= 4 is 11.8 Å². The van der Waals surface area contributed by atoms with E-state index in [4.69, 9.17) is 10.8 Å². The molecule has 2 heterocycles. The van der Waals surface area contributed by atoms with Crippen LogP contribution in [0.25, 0.3) is 0 Å². The van der Waals surface area contributed by atoms with Gasteiger partial charge in [-0.15, -0.1) is 0 Å². The number of hydrogen-bond acceptors (Lipinski definition) is 3. The molecule has 4 heteroatoms. The molecule has 3 nitrogen and oxygen atoms in total. The Kier molecular flexibility index (Phi) is 4.96. The van der Waals surface area contributed by atoms with Crippen LogP contribution in [0.1, 0.15) is 58.2 Å². The van der Waals surface area contributed by atoms with E-state index < -0.39 is 0 Å². The molecule has 0 aromatic carbocycles. The van der Waals surface area contributed by atoms with Crippen LogP contribution in [0.2, 0.25) is 0 Å². The van der Waals surface area contributed by atoms with Gasteiger partial charge in [0.1, 0.15) is 0 Å². The molecule has 0 radical (unpaired) electrons. The summed E-state index contributed by atoms with van der Waals surface area (Å²) in [7, 11) is 0. The number of nitrogens with zero attached hydrogens (tertiary/aromatic N) is 2. The molecule has 108 valence electrons. The van der Waals surface area contributed by atoms with E-state index in [0.717, 1.165) is 25.0 Å². The monoisotopic (exact) mass is 281 g/mol. The van der Waals surface area contributed by atoms with Gasteiger partial charge in [-0.25, -0.2) is 0 Å². The molecule has 2 atom stereocenters. The molecule has 0 aliphatic carbocycles. The Balaban J connectivity index is 1.99. The van der Waals surface area contributed by atoms with Gasteiger partial charge in [0.05, 0.1) is 11.7 Å². The Morgan fingerprint density at radius 3 is 2.79 bits per heavy atom. The zero-order valence-electron chi connectivity index (χ0n) is 12.4. The summed E-state index contributed by atoms with van der Waals surface area (Å²) in [6.07, 6.45) is 7.83. The second kappa shape index (κ2) is 6.31. The van der Waals surface area contributed by atoms with Crippen LogP contribution >= 0.6 is 11.8 Å². The molecule has 2 unspecified atom stereocenters. The molecule has 1 aliphatic heterocycles. The number of hydrogen-bond donors (Lipinski definition) is 1. The Labute approximate surface area is 121 Å². The van der Waals surface area contributed by atoms with Gasteiger partial charge < -0.3 is 5.73 Å². The lowest BCUT2D eigenvalue weighted by Crippen LogP contribution is -2.42. The van der Waals surface area contributed by atoms with E-state index in [0.29, 0.717) is 6.04 Å². The molecule has 2 rings (SSSR count). The largest absolute Gasteiger partial charge is 0.326 e. The molecule has 1 saturated heterocycles. The Morgan fingerprint density at radius 2 is 2.21 bits per heavy atom. The minimum atomic E-state index is 0.213. The van der Waals surface area contributed by atoms with Crippen LogP contribution in [0.4, 0.5) is 0 Å². The number of rotatable bonds is 6. The second-order valence-electron chi connectivity index (χ2n) is 5.83. The topological polar surface area (TPSA) is 43.8 Å². The van der Waals surface area contributed by atoms with E-state index in [2.05, 4.69) is 37.7 Å². The minimum absolute atomic E-state index is 0.213. The van der Waals surface area contributed by atoms with Crippen LogP contribution in [-0.2, 0) is 6.42 Å². The third-order valence-corrected chi connectivity index (χ3v) is 6.10. The zero-order chi connectivity index (χ0) is 13.9. The summed E-state index contributed by atoms with van der Waals surface area (Å²) in [6, 6.07) is 2.88. The maximum absolute atomic E-state index is 6.43. The fourth-order valence-electron chi connectivity index (χ4n) is 2.89. The maximum atomic E-state index is 6.43. The summed E-state index contributed by atoms with van der Waals surface area (Å²) in [4.78, 5) is 0. The Hall–Kier alpha value is -0.480. The first-order valence-electron chi connectivity index (χ1n) is 7.52. The third kappa shape index (κ3) is 3.34. The summed E-state index contributed by atoms with van der Waals surface area (Å²) in [5, 5.41) is 4.72.